The summed E-state index contributed by atoms with van der Waals surface area (Å²) in [5.74, 6) is 0. The molecule has 0 unspecified atom stereocenters. The minimum absolute atomic E-state index is 0.216. The lowest BCUT2D eigenvalue weighted by Crippen LogP contribution is -2.16. The Kier molecular flexibility index (Phi) is 6.29. The number of para-hydroxylation sites is 1. The van der Waals surface area contributed by atoms with Crippen LogP contribution in [0.1, 0.15) is 25.0 Å². The fourth-order valence-electron chi connectivity index (χ4n) is 10.7. The molecule has 0 N–H and O–H groups in total. The van der Waals surface area contributed by atoms with Crippen molar-refractivity contribution in [1.29, 1.82) is 0 Å². The minimum atomic E-state index is -0.216. The minimum Gasteiger partial charge on any atom is -0.309 e. The topological polar surface area (TPSA) is 4.93 Å². The highest BCUT2D eigenvalue weighted by Gasteiger charge is 2.38. The summed E-state index contributed by atoms with van der Waals surface area (Å²) in [7, 11) is 0. The number of fused-ring (bicyclic) bond motifs is 9. The molecular weight excluding hydrogens is 699 g/mol. The molecule has 0 amide bonds. The van der Waals surface area contributed by atoms with E-state index in [1.807, 2.05) is 0 Å². The molecule has 0 aliphatic heterocycles. The maximum Gasteiger partial charge on any atom is 0.0547 e. The molecule has 0 spiro atoms. The first-order chi connectivity index (χ1) is 28.5. The molecule has 11 aromatic carbocycles. The van der Waals surface area contributed by atoms with Crippen molar-refractivity contribution in [2.45, 2.75) is 19.3 Å². The first kappa shape index (κ1) is 31.9. The van der Waals surface area contributed by atoms with Gasteiger partial charge in [0.1, 0.15) is 0 Å². The summed E-state index contributed by atoms with van der Waals surface area (Å²) in [4.78, 5) is 0. The van der Waals surface area contributed by atoms with E-state index in [-0.39, 0.29) is 5.41 Å². The fourth-order valence-corrected chi connectivity index (χ4v) is 10.7. The lowest BCUT2D eigenvalue weighted by molar-refractivity contribution is 0.666. The van der Waals surface area contributed by atoms with Crippen LogP contribution in [-0.4, -0.2) is 4.57 Å². The highest BCUT2D eigenvalue weighted by Crippen LogP contribution is 2.55. The smallest absolute Gasteiger partial charge is 0.0547 e. The zero-order valence-corrected chi connectivity index (χ0v) is 32.3. The van der Waals surface area contributed by atoms with E-state index in [9.17, 15) is 0 Å². The molecule has 1 aliphatic carbocycles. The van der Waals surface area contributed by atoms with Crippen molar-refractivity contribution in [2.24, 2.45) is 0 Å². The standard InChI is InChI=1S/C57H37N/c1-57(2)50-32-42(40-22-19-35-11-4-6-13-38(35)29-40)24-26-44(50)48-31-43-23-20-36-14-9-16-46-53(33-49(56(48)57)55(43)54(36)46)58-51-17-8-7-15-45(51)47-30-41(25-27-52(47)58)39-21-18-34-10-3-5-12-37(34)28-39/h3-33H,1-2H3. The normalized spacial score (nSPS) is 13.5. The van der Waals surface area contributed by atoms with Crippen LogP contribution in [0.15, 0.2) is 188 Å². The Labute approximate surface area is 336 Å². The van der Waals surface area contributed by atoms with Crippen molar-refractivity contribution >= 4 is 75.7 Å². The van der Waals surface area contributed by atoms with Crippen molar-refractivity contribution in [1.82, 2.24) is 4.57 Å². The van der Waals surface area contributed by atoms with Crippen molar-refractivity contribution in [3.63, 3.8) is 0 Å². The van der Waals surface area contributed by atoms with Gasteiger partial charge in [-0.05, 0) is 142 Å². The molecule has 1 aromatic heterocycles. The summed E-state index contributed by atoms with van der Waals surface area (Å²) < 4.78 is 2.54. The molecule has 58 heavy (non-hydrogen) atoms. The molecule has 1 nitrogen and oxygen atoms in total. The summed E-state index contributed by atoms with van der Waals surface area (Å²) in [6.45, 7) is 4.88. The highest BCUT2D eigenvalue weighted by molar-refractivity contribution is 6.28. The molecule has 1 heterocycles. The Morgan fingerprint density at radius 1 is 0.345 bits per heavy atom. The van der Waals surface area contributed by atoms with Gasteiger partial charge >= 0.3 is 0 Å². The summed E-state index contributed by atoms with van der Waals surface area (Å²) in [5.41, 5.74) is 14.0. The lowest BCUT2D eigenvalue weighted by Gasteiger charge is -2.26. The van der Waals surface area contributed by atoms with Gasteiger partial charge in [0.25, 0.3) is 0 Å². The van der Waals surface area contributed by atoms with Gasteiger partial charge < -0.3 is 4.57 Å². The average molecular weight is 736 g/mol. The van der Waals surface area contributed by atoms with E-state index in [1.165, 1.54) is 126 Å². The van der Waals surface area contributed by atoms with Crippen molar-refractivity contribution in [3.05, 3.63) is 199 Å². The first-order valence-electron chi connectivity index (χ1n) is 20.4. The molecule has 0 atom stereocenters. The van der Waals surface area contributed by atoms with E-state index in [0.717, 1.165) is 0 Å². The fraction of sp³-hybridized carbons (Fsp3) is 0.0526. The zero-order valence-electron chi connectivity index (χ0n) is 32.3. The molecule has 1 aliphatic rings. The van der Waals surface area contributed by atoms with Crippen LogP contribution >= 0.6 is 0 Å². The van der Waals surface area contributed by atoms with Crippen LogP contribution < -0.4 is 0 Å². The molecule has 12 aromatic rings. The second-order valence-corrected chi connectivity index (χ2v) is 16.9. The third-order valence-corrected chi connectivity index (χ3v) is 13.4. The number of benzene rings is 11. The van der Waals surface area contributed by atoms with E-state index < -0.39 is 0 Å². The maximum absolute atomic E-state index is 2.54. The summed E-state index contributed by atoms with van der Waals surface area (Å²) in [6.07, 6.45) is 0. The number of rotatable bonds is 3. The number of hydrogen-bond acceptors (Lipinski definition) is 0. The van der Waals surface area contributed by atoms with Gasteiger partial charge in [0.15, 0.2) is 0 Å². The van der Waals surface area contributed by atoms with Crippen LogP contribution in [0.25, 0.3) is 115 Å². The van der Waals surface area contributed by atoms with Crippen LogP contribution in [0.5, 0.6) is 0 Å². The van der Waals surface area contributed by atoms with E-state index in [2.05, 4.69) is 206 Å². The molecule has 0 saturated carbocycles. The van der Waals surface area contributed by atoms with E-state index in [4.69, 9.17) is 0 Å². The molecule has 0 fully saturated rings. The lowest BCUT2D eigenvalue weighted by atomic mass is 9.78. The van der Waals surface area contributed by atoms with E-state index >= 15 is 0 Å². The predicted octanol–water partition coefficient (Wildman–Crippen LogP) is 15.6. The van der Waals surface area contributed by atoms with Gasteiger partial charge in [0, 0.05) is 21.6 Å². The van der Waals surface area contributed by atoms with E-state index in [1.54, 1.807) is 0 Å². The Bertz CT molecular complexity index is 3710. The first-order valence-corrected chi connectivity index (χ1v) is 20.4. The van der Waals surface area contributed by atoms with Gasteiger partial charge in [0.2, 0.25) is 0 Å². The Balaban J connectivity index is 1.06. The van der Waals surface area contributed by atoms with Gasteiger partial charge in [-0.3, -0.25) is 0 Å². The molecule has 0 bridgehead atoms. The second kappa shape index (κ2) is 11.4. The van der Waals surface area contributed by atoms with Crippen LogP contribution in [0.2, 0.25) is 0 Å². The summed E-state index contributed by atoms with van der Waals surface area (Å²) in [5, 5.41) is 15.5. The van der Waals surface area contributed by atoms with E-state index in [0.29, 0.717) is 0 Å². The van der Waals surface area contributed by atoms with Crippen LogP contribution in [0, 0.1) is 0 Å². The number of hydrogen-bond donors (Lipinski definition) is 0. The summed E-state index contributed by atoms with van der Waals surface area (Å²) in [6, 6.07) is 70.7. The van der Waals surface area contributed by atoms with Gasteiger partial charge in [-0.1, -0.05) is 153 Å². The molecule has 13 rings (SSSR count). The summed E-state index contributed by atoms with van der Waals surface area (Å²) >= 11 is 0. The van der Waals surface area contributed by atoms with Gasteiger partial charge in [0.05, 0.1) is 16.7 Å². The Morgan fingerprint density at radius 3 is 1.67 bits per heavy atom. The second-order valence-electron chi connectivity index (χ2n) is 16.9. The molecular formula is C57H37N. The number of aromatic nitrogens is 1. The SMILES string of the molecule is CC1(C)c2cc(-c3ccc4ccccc4c3)ccc2-c2cc3ccc4cccc5c(-n6c7ccccc7c7cc(-c8ccc9ccccc9c8)ccc76)cc(c21)c3c45. The Morgan fingerprint density at radius 2 is 0.897 bits per heavy atom. The highest BCUT2D eigenvalue weighted by atomic mass is 15.0. The quantitative estimate of drug-likeness (QED) is 0.159. The largest absolute Gasteiger partial charge is 0.309 e. The van der Waals surface area contributed by atoms with Crippen molar-refractivity contribution < 1.29 is 0 Å². The van der Waals surface area contributed by atoms with Gasteiger partial charge in [-0.2, -0.15) is 0 Å². The van der Waals surface area contributed by atoms with Crippen LogP contribution in [-0.2, 0) is 5.41 Å². The molecule has 0 radical (unpaired) electrons. The maximum atomic E-state index is 2.54. The third kappa shape index (κ3) is 4.31. The molecule has 0 saturated heterocycles. The predicted molar refractivity (Wildman–Crippen MR) is 248 cm³/mol. The molecule has 1 heteroatoms. The van der Waals surface area contributed by atoms with Crippen LogP contribution in [0.4, 0.5) is 0 Å². The van der Waals surface area contributed by atoms with Gasteiger partial charge in [-0.25, -0.2) is 0 Å². The monoisotopic (exact) mass is 735 g/mol. The zero-order chi connectivity index (χ0) is 38.3. The van der Waals surface area contributed by atoms with Crippen molar-refractivity contribution in [3.8, 4) is 39.1 Å². The average Bonchev–Trinajstić information content (AvgIpc) is 3.72. The molecule has 270 valence electrons. The third-order valence-electron chi connectivity index (χ3n) is 13.4. The van der Waals surface area contributed by atoms with Crippen molar-refractivity contribution in [2.75, 3.05) is 0 Å². The van der Waals surface area contributed by atoms with Gasteiger partial charge in [-0.15, -0.1) is 0 Å². The number of nitrogens with zero attached hydrogens (tertiary/aromatic N) is 1. The Hall–Kier alpha value is -7.22. The van der Waals surface area contributed by atoms with Crippen LogP contribution in [0.3, 0.4) is 0 Å².